The fourth-order valence-electron chi connectivity index (χ4n) is 3.51. The summed E-state index contributed by atoms with van der Waals surface area (Å²) in [6, 6.07) is 16.6. The molecule has 0 spiro atoms. The van der Waals surface area contributed by atoms with Gasteiger partial charge in [-0.25, -0.2) is 0 Å². The van der Waals surface area contributed by atoms with Gasteiger partial charge in [-0.1, -0.05) is 12.1 Å². The summed E-state index contributed by atoms with van der Waals surface area (Å²) in [5, 5.41) is 12.1. The Morgan fingerprint density at radius 2 is 1.75 bits per heavy atom. The van der Waals surface area contributed by atoms with E-state index in [9.17, 15) is 14.9 Å². The Balaban J connectivity index is 1.57. The predicted octanol–water partition coefficient (Wildman–Crippen LogP) is 1.49. The number of Topliss-reactive ketones (excluding diaryl/α,β-unsaturated/α-hetero) is 1. The smallest absolute Gasteiger partial charge is 0.282 e. The van der Waals surface area contributed by atoms with Gasteiger partial charge in [0.2, 0.25) is 0 Å². The molecule has 1 fully saturated rings. The number of hydrogen-bond donors (Lipinski definition) is 2. The molecule has 0 bridgehead atoms. The summed E-state index contributed by atoms with van der Waals surface area (Å²) in [4.78, 5) is 27.6. The van der Waals surface area contributed by atoms with Crippen molar-refractivity contribution in [3.8, 4) is 6.07 Å². The minimum atomic E-state index is -0.200. The third kappa shape index (κ3) is 4.38. The largest absolute Gasteiger partial charge is 0.360 e. The van der Waals surface area contributed by atoms with Crippen LogP contribution in [0, 0.1) is 11.3 Å². The van der Waals surface area contributed by atoms with Crippen molar-refractivity contribution in [3.63, 3.8) is 0 Å². The van der Waals surface area contributed by atoms with Gasteiger partial charge in [0.1, 0.15) is 6.07 Å². The molecule has 6 heteroatoms. The van der Waals surface area contributed by atoms with Crippen LogP contribution in [0.4, 0.5) is 11.4 Å². The highest BCUT2D eigenvalue weighted by atomic mass is 16.2. The maximum atomic E-state index is 12.6. The SMILES string of the molecule is CC(=O)c1ccc(N2CC[NH+]([C@@H](C)C(=O)Nc3ccccc3C#N)CC2)cc1. The molecule has 2 aromatic rings. The van der Waals surface area contributed by atoms with Crippen LogP contribution in [-0.4, -0.2) is 43.9 Å². The topological polar surface area (TPSA) is 77.6 Å². The molecule has 0 unspecified atom stereocenters. The molecular weight excluding hydrogens is 352 g/mol. The van der Waals surface area contributed by atoms with E-state index < -0.39 is 0 Å². The Morgan fingerprint density at radius 1 is 1.11 bits per heavy atom. The van der Waals surface area contributed by atoms with E-state index in [0.717, 1.165) is 37.4 Å². The normalized spacial score (nSPS) is 15.5. The van der Waals surface area contributed by atoms with E-state index in [1.165, 1.54) is 4.90 Å². The third-order valence-corrected chi connectivity index (χ3v) is 5.36. The number of hydrogen-bond acceptors (Lipinski definition) is 4. The number of rotatable bonds is 5. The highest BCUT2D eigenvalue weighted by Gasteiger charge is 2.29. The molecule has 1 heterocycles. The Morgan fingerprint density at radius 3 is 2.36 bits per heavy atom. The molecule has 0 aromatic heterocycles. The minimum absolute atomic E-state index is 0.0682. The summed E-state index contributed by atoms with van der Waals surface area (Å²) in [5.74, 6) is -0.00409. The van der Waals surface area contributed by atoms with E-state index in [0.29, 0.717) is 11.3 Å². The van der Waals surface area contributed by atoms with Crippen molar-refractivity contribution in [2.45, 2.75) is 19.9 Å². The Bertz CT molecular complexity index is 893. The van der Waals surface area contributed by atoms with E-state index in [1.54, 1.807) is 25.1 Å². The number of ketones is 1. The van der Waals surface area contributed by atoms with Crippen LogP contribution < -0.4 is 15.1 Å². The van der Waals surface area contributed by atoms with E-state index in [1.807, 2.05) is 37.3 Å². The highest BCUT2D eigenvalue weighted by Crippen LogP contribution is 2.16. The lowest BCUT2D eigenvalue weighted by Gasteiger charge is -2.36. The summed E-state index contributed by atoms with van der Waals surface area (Å²) in [6.07, 6.45) is 0. The van der Waals surface area contributed by atoms with Crippen molar-refractivity contribution < 1.29 is 14.5 Å². The van der Waals surface area contributed by atoms with Gasteiger partial charge in [0.05, 0.1) is 37.4 Å². The van der Waals surface area contributed by atoms with E-state index >= 15 is 0 Å². The number of carbonyl (C=O) groups excluding carboxylic acids is 2. The maximum Gasteiger partial charge on any atom is 0.282 e. The summed E-state index contributed by atoms with van der Waals surface area (Å²) in [6.45, 7) is 6.89. The molecule has 1 atom stereocenters. The summed E-state index contributed by atoms with van der Waals surface area (Å²) in [5.41, 5.74) is 2.85. The second-order valence-corrected chi connectivity index (χ2v) is 7.12. The molecule has 3 rings (SSSR count). The molecule has 1 aliphatic rings. The Hall–Kier alpha value is -3.17. The molecule has 0 aliphatic carbocycles. The molecule has 1 saturated heterocycles. The van der Waals surface area contributed by atoms with Gasteiger partial charge in [-0.15, -0.1) is 0 Å². The van der Waals surface area contributed by atoms with E-state index in [2.05, 4.69) is 16.3 Å². The molecule has 6 nitrogen and oxygen atoms in total. The molecule has 28 heavy (non-hydrogen) atoms. The van der Waals surface area contributed by atoms with Gasteiger partial charge in [0, 0.05) is 11.3 Å². The van der Waals surface area contributed by atoms with Crippen molar-refractivity contribution in [3.05, 3.63) is 59.7 Å². The number of anilines is 2. The molecule has 1 aliphatic heterocycles. The average molecular weight is 377 g/mol. The van der Waals surface area contributed by atoms with Gasteiger partial charge in [-0.2, -0.15) is 5.26 Å². The van der Waals surface area contributed by atoms with Gasteiger partial charge in [-0.3, -0.25) is 9.59 Å². The van der Waals surface area contributed by atoms with E-state index in [4.69, 9.17) is 0 Å². The number of carbonyl (C=O) groups is 2. The lowest BCUT2D eigenvalue weighted by atomic mass is 10.1. The van der Waals surface area contributed by atoms with Gasteiger partial charge in [0.15, 0.2) is 11.8 Å². The van der Waals surface area contributed by atoms with Gasteiger partial charge >= 0.3 is 0 Å². The number of nitrogens with zero attached hydrogens (tertiary/aromatic N) is 2. The fraction of sp³-hybridized carbons (Fsp3) is 0.318. The number of para-hydroxylation sites is 1. The number of quaternary nitrogens is 1. The molecule has 1 amide bonds. The summed E-state index contributed by atoms with van der Waals surface area (Å²) in [7, 11) is 0. The van der Waals surface area contributed by atoms with Gasteiger partial charge in [-0.05, 0) is 50.2 Å². The van der Waals surface area contributed by atoms with Crippen molar-refractivity contribution in [1.82, 2.24) is 0 Å². The zero-order valence-corrected chi connectivity index (χ0v) is 16.2. The number of nitriles is 1. The second-order valence-electron chi connectivity index (χ2n) is 7.12. The fourth-order valence-corrected chi connectivity index (χ4v) is 3.51. The highest BCUT2D eigenvalue weighted by molar-refractivity contribution is 5.95. The molecular formula is C22H25N4O2+. The van der Waals surface area contributed by atoms with Crippen molar-refractivity contribution in [1.29, 1.82) is 5.26 Å². The monoisotopic (exact) mass is 377 g/mol. The van der Waals surface area contributed by atoms with Crippen LogP contribution in [0.2, 0.25) is 0 Å². The van der Waals surface area contributed by atoms with Crippen LogP contribution in [0.1, 0.15) is 29.8 Å². The number of nitrogens with one attached hydrogen (secondary N) is 2. The first-order valence-corrected chi connectivity index (χ1v) is 9.50. The minimum Gasteiger partial charge on any atom is -0.360 e. The summed E-state index contributed by atoms with van der Waals surface area (Å²) < 4.78 is 0. The molecule has 0 saturated carbocycles. The molecule has 0 radical (unpaired) electrons. The van der Waals surface area contributed by atoms with E-state index in [-0.39, 0.29) is 17.7 Å². The lowest BCUT2D eigenvalue weighted by Crippen LogP contribution is -3.19. The van der Waals surface area contributed by atoms with Crippen LogP contribution in [0.5, 0.6) is 0 Å². The third-order valence-electron chi connectivity index (χ3n) is 5.36. The van der Waals surface area contributed by atoms with Crippen LogP contribution in [0.15, 0.2) is 48.5 Å². The predicted molar refractivity (Wildman–Crippen MR) is 109 cm³/mol. The molecule has 2 N–H and O–H groups in total. The van der Waals surface area contributed by atoms with Crippen molar-refractivity contribution in [2.75, 3.05) is 36.4 Å². The zero-order chi connectivity index (χ0) is 20.1. The maximum absolute atomic E-state index is 12.6. The van der Waals surface area contributed by atoms with Crippen LogP contribution in [-0.2, 0) is 4.79 Å². The van der Waals surface area contributed by atoms with Crippen LogP contribution >= 0.6 is 0 Å². The van der Waals surface area contributed by atoms with Crippen LogP contribution in [0.3, 0.4) is 0 Å². The van der Waals surface area contributed by atoms with Crippen LogP contribution in [0.25, 0.3) is 0 Å². The Kier molecular flexibility index (Phi) is 6.07. The van der Waals surface area contributed by atoms with Gasteiger partial charge < -0.3 is 15.1 Å². The molecule has 144 valence electrons. The zero-order valence-electron chi connectivity index (χ0n) is 16.2. The van der Waals surface area contributed by atoms with Crippen molar-refractivity contribution >= 4 is 23.1 Å². The first kappa shape index (κ1) is 19.6. The standard InChI is InChI=1S/C22H24N4O2/c1-16(22(28)24-21-6-4-3-5-19(21)15-23)25-11-13-26(14-12-25)20-9-7-18(8-10-20)17(2)27/h3-10,16H,11-14H2,1-2H3,(H,24,28)/p+1/t16-/m0/s1. The first-order valence-electron chi connectivity index (χ1n) is 9.50. The number of piperazine rings is 1. The van der Waals surface area contributed by atoms with Gasteiger partial charge in [0.25, 0.3) is 5.91 Å². The number of benzene rings is 2. The first-order chi connectivity index (χ1) is 13.5. The second kappa shape index (κ2) is 8.68. The lowest BCUT2D eigenvalue weighted by molar-refractivity contribution is -0.914. The van der Waals surface area contributed by atoms with Crippen molar-refractivity contribution in [2.24, 2.45) is 0 Å². The Labute approximate surface area is 165 Å². The summed E-state index contributed by atoms with van der Waals surface area (Å²) >= 11 is 0. The quantitative estimate of drug-likeness (QED) is 0.774. The number of amides is 1. The average Bonchev–Trinajstić information content (AvgIpc) is 2.73. The molecule has 2 aromatic carbocycles.